The van der Waals surface area contributed by atoms with Crippen LogP contribution >= 0.6 is 15.9 Å². The van der Waals surface area contributed by atoms with Crippen LogP contribution < -0.4 is 5.32 Å². The lowest BCUT2D eigenvalue weighted by Crippen LogP contribution is -2.45. The first-order valence-electron chi connectivity index (χ1n) is 6.55. The van der Waals surface area contributed by atoms with Crippen molar-refractivity contribution in [3.05, 3.63) is 34.3 Å². The van der Waals surface area contributed by atoms with Crippen molar-refractivity contribution in [2.24, 2.45) is 5.92 Å². The Labute approximate surface area is 112 Å². The van der Waals surface area contributed by atoms with Crippen LogP contribution in [-0.4, -0.2) is 31.1 Å². The first-order valence-corrected chi connectivity index (χ1v) is 7.34. The monoisotopic (exact) mass is 294 g/mol. The molecule has 2 fully saturated rings. The number of nitrogens with zero attached hydrogens (tertiary/aromatic N) is 1. The molecule has 1 heterocycles. The summed E-state index contributed by atoms with van der Waals surface area (Å²) in [6, 6.07) is 9.51. The van der Waals surface area contributed by atoms with Crippen LogP contribution in [0.2, 0.25) is 0 Å². The number of nitrogens with one attached hydrogen (secondary N) is 1. The largest absolute Gasteiger partial charge is 0.314 e. The van der Waals surface area contributed by atoms with Crippen molar-refractivity contribution in [3.8, 4) is 0 Å². The highest BCUT2D eigenvalue weighted by Crippen LogP contribution is 2.44. The van der Waals surface area contributed by atoms with E-state index >= 15 is 0 Å². The Morgan fingerprint density at radius 2 is 2.00 bits per heavy atom. The van der Waals surface area contributed by atoms with Gasteiger partial charge in [0.1, 0.15) is 0 Å². The predicted octanol–water partition coefficient (Wildman–Crippen LogP) is 2.81. The summed E-state index contributed by atoms with van der Waals surface area (Å²) < 4.78 is 1.20. The van der Waals surface area contributed by atoms with Gasteiger partial charge in [0, 0.05) is 36.7 Å². The van der Waals surface area contributed by atoms with E-state index in [0.29, 0.717) is 6.04 Å². The number of halogens is 1. The number of hydrogen-bond acceptors (Lipinski definition) is 2. The molecular weight excluding hydrogens is 276 g/mol. The van der Waals surface area contributed by atoms with Gasteiger partial charge in [0.05, 0.1) is 0 Å². The van der Waals surface area contributed by atoms with Crippen LogP contribution in [-0.2, 0) is 0 Å². The van der Waals surface area contributed by atoms with E-state index in [-0.39, 0.29) is 0 Å². The molecule has 0 spiro atoms. The predicted molar refractivity (Wildman–Crippen MR) is 74.0 cm³/mol. The smallest absolute Gasteiger partial charge is 0.0377 e. The molecule has 0 radical (unpaired) electrons. The minimum atomic E-state index is 0.648. The molecule has 1 aromatic carbocycles. The van der Waals surface area contributed by atoms with E-state index in [1.165, 1.54) is 36.0 Å². The van der Waals surface area contributed by atoms with E-state index in [9.17, 15) is 0 Å². The maximum absolute atomic E-state index is 3.59. The fraction of sp³-hybridized carbons (Fsp3) is 0.571. The van der Waals surface area contributed by atoms with Crippen LogP contribution in [0.3, 0.4) is 0 Å². The molecule has 2 nitrogen and oxygen atoms in total. The number of hydrogen-bond donors (Lipinski definition) is 1. The van der Waals surface area contributed by atoms with Gasteiger partial charge in [0.15, 0.2) is 0 Å². The van der Waals surface area contributed by atoms with Crippen LogP contribution in [0, 0.1) is 5.92 Å². The molecule has 0 aromatic heterocycles. The summed E-state index contributed by atoms with van der Waals surface area (Å²) in [5, 5.41) is 3.44. The standard InChI is InChI=1S/C14H19BrN2/c15-13-3-1-2-12(10-13)14(11-4-5-11)17-8-6-16-7-9-17/h1-3,10-11,14,16H,4-9H2/t14-/m0/s1. The van der Waals surface area contributed by atoms with Crippen molar-refractivity contribution in [3.63, 3.8) is 0 Å². The van der Waals surface area contributed by atoms with E-state index in [2.05, 4.69) is 50.4 Å². The van der Waals surface area contributed by atoms with Crippen LogP contribution in [0.15, 0.2) is 28.7 Å². The zero-order valence-corrected chi connectivity index (χ0v) is 11.6. The normalized spacial score (nSPS) is 23.6. The summed E-state index contributed by atoms with van der Waals surface area (Å²) in [6.45, 7) is 4.65. The summed E-state index contributed by atoms with van der Waals surface area (Å²) in [6.07, 6.45) is 2.81. The molecule has 3 rings (SSSR count). The third-order valence-electron chi connectivity index (χ3n) is 3.80. The average molecular weight is 295 g/mol. The highest BCUT2D eigenvalue weighted by molar-refractivity contribution is 9.10. The maximum Gasteiger partial charge on any atom is 0.0377 e. The Hall–Kier alpha value is -0.380. The molecule has 2 aliphatic rings. The van der Waals surface area contributed by atoms with Crippen molar-refractivity contribution in [2.45, 2.75) is 18.9 Å². The Bertz CT molecular complexity index is 384. The molecule has 92 valence electrons. The molecule has 0 bridgehead atoms. The third-order valence-corrected chi connectivity index (χ3v) is 4.30. The summed E-state index contributed by atoms with van der Waals surface area (Å²) in [7, 11) is 0. The molecule has 1 saturated carbocycles. The minimum Gasteiger partial charge on any atom is -0.314 e. The van der Waals surface area contributed by atoms with Gasteiger partial charge >= 0.3 is 0 Å². The van der Waals surface area contributed by atoms with Crippen molar-refractivity contribution in [1.29, 1.82) is 0 Å². The molecule has 17 heavy (non-hydrogen) atoms. The van der Waals surface area contributed by atoms with Gasteiger partial charge in [-0.05, 0) is 36.5 Å². The van der Waals surface area contributed by atoms with Crippen molar-refractivity contribution in [2.75, 3.05) is 26.2 Å². The van der Waals surface area contributed by atoms with Gasteiger partial charge in [-0.3, -0.25) is 4.90 Å². The summed E-state index contributed by atoms with van der Waals surface area (Å²) >= 11 is 3.59. The quantitative estimate of drug-likeness (QED) is 0.922. The van der Waals surface area contributed by atoms with Gasteiger partial charge in [-0.2, -0.15) is 0 Å². The lowest BCUT2D eigenvalue weighted by Gasteiger charge is -2.35. The van der Waals surface area contributed by atoms with Gasteiger partial charge in [-0.1, -0.05) is 28.1 Å². The Balaban J connectivity index is 1.83. The van der Waals surface area contributed by atoms with E-state index in [1.807, 2.05) is 0 Å². The second-order valence-corrected chi connectivity index (χ2v) is 6.04. The molecule has 1 aliphatic heterocycles. The van der Waals surface area contributed by atoms with E-state index in [1.54, 1.807) is 0 Å². The number of piperazine rings is 1. The minimum absolute atomic E-state index is 0.648. The highest BCUT2D eigenvalue weighted by Gasteiger charge is 2.36. The molecule has 1 atom stereocenters. The van der Waals surface area contributed by atoms with Gasteiger partial charge in [0.2, 0.25) is 0 Å². The highest BCUT2D eigenvalue weighted by atomic mass is 79.9. The maximum atomic E-state index is 3.59. The zero-order valence-electron chi connectivity index (χ0n) is 10.0. The van der Waals surface area contributed by atoms with E-state index in [0.717, 1.165) is 19.0 Å². The van der Waals surface area contributed by atoms with Gasteiger partial charge in [-0.15, -0.1) is 0 Å². The van der Waals surface area contributed by atoms with Gasteiger partial charge < -0.3 is 5.32 Å². The number of benzene rings is 1. The first-order chi connectivity index (χ1) is 8.34. The number of rotatable bonds is 3. The van der Waals surface area contributed by atoms with E-state index in [4.69, 9.17) is 0 Å². The fourth-order valence-electron chi connectivity index (χ4n) is 2.84. The van der Waals surface area contributed by atoms with Crippen molar-refractivity contribution < 1.29 is 0 Å². The molecule has 1 saturated heterocycles. The molecule has 0 unspecified atom stereocenters. The van der Waals surface area contributed by atoms with Crippen LogP contribution in [0.25, 0.3) is 0 Å². The third kappa shape index (κ3) is 2.72. The van der Waals surface area contributed by atoms with Crippen molar-refractivity contribution in [1.82, 2.24) is 10.2 Å². The Morgan fingerprint density at radius 3 is 2.65 bits per heavy atom. The molecule has 1 aromatic rings. The molecule has 1 N–H and O–H groups in total. The first kappa shape index (κ1) is 11.7. The summed E-state index contributed by atoms with van der Waals surface area (Å²) in [5.74, 6) is 0.891. The topological polar surface area (TPSA) is 15.3 Å². The Kier molecular flexibility index (Phi) is 3.50. The van der Waals surface area contributed by atoms with Crippen molar-refractivity contribution >= 4 is 15.9 Å². The lowest BCUT2D eigenvalue weighted by atomic mass is 10.00. The average Bonchev–Trinajstić information content (AvgIpc) is 3.15. The Morgan fingerprint density at radius 1 is 1.24 bits per heavy atom. The molecule has 3 heteroatoms. The summed E-state index contributed by atoms with van der Waals surface area (Å²) in [4.78, 5) is 2.66. The summed E-state index contributed by atoms with van der Waals surface area (Å²) in [5.41, 5.74) is 1.49. The van der Waals surface area contributed by atoms with Gasteiger partial charge in [-0.25, -0.2) is 0 Å². The zero-order chi connectivity index (χ0) is 11.7. The molecule has 1 aliphatic carbocycles. The lowest BCUT2D eigenvalue weighted by molar-refractivity contribution is 0.156. The second kappa shape index (κ2) is 5.09. The van der Waals surface area contributed by atoms with Crippen LogP contribution in [0.5, 0.6) is 0 Å². The van der Waals surface area contributed by atoms with Gasteiger partial charge in [0.25, 0.3) is 0 Å². The SMILES string of the molecule is Brc1cccc([C@H](C2CC2)N2CCNCC2)c1. The fourth-order valence-corrected chi connectivity index (χ4v) is 3.26. The van der Waals surface area contributed by atoms with Crippen LogP contribution in [0.1, 0.15) is 24.4 Å². The molecule has 0 amide bonds. The van der Waals surface area contributed by atoms with Crippen LogP contribution in [0.4, 0.5) is 0 Å². The molecular formula is C14H19BrN2. The van der Waals surface area contributed by atoms with E-state index < -0.39 is 0 Å². The second-order valence-electron chi connectivity index (χ2n) is 5.12.